The SMILES string of the molecule is CCCCCCCCCCCC(N)C(N)CCCCCCC. The maximum atomic E-state index is 6.23. The predicted molar refractivity (Wildman–Crippen MR) is 101 cm³/mol. The summed E-state index contributed by atoms with van der Waals surface area (Å²) in [4.78, 5) is 0. The quantitative estimate of drug-likeness (QED) is 0.327. The highest BCUT2D eigenvalue weighted by Crippen LogP contribution is 2.13. The molecule has 0 saturated heterocycles. The molecule has 0 aromatic carbocycles. The van der Waals surface area contributed by atoms with Gasteiger partial charge in [0.25, 0.3) is 0 Å². The van der Waals surface area contributed by atoms with E-state index in [-0.39, 0.29) is 12.1 Å². The van der Waals surface area contributed by atoms with E-state index in [9.17, 15) is 0 Å². The average Bonchev–Trinajstić information content (AvgIpc) is 2.52. The molecule has 2 unspecified atom stereocenters. The second-order valence-electron chi connectivity index (χ2n) is 7.15. The fourth-order valence-electron chi connectivity index (χ4n) is 3.10. The highest BCUT2D eigenvalue weighted by molar-refractivity contribution is 4.75. The lowest BCUT2D eigenvalue weighted by atomic mass is 9.97. The lowest BCUT2D eigenvalue weighted by Crippen LogP contribution is -2.41. The molecule has 0 aliphatic heterocycles. The minimum Gasteiger partial charge on any atom is -0.326 e. The fourth-order valence-corrected chi connectivity index (χ4v) is 3.10. The number of hydrogen-bond donors (Lipinski definition) is 2. The number of unbranched alkanes of at least 4 members (excludes halogenated alkanes) is 12. The molecule has 0 heterocycles. The van der Waals surface area contributed by atoms with Crippen LogP contribution in [0.5, 0.6) is 0 Å². The van der Waals surface area contributed by atoms with Gasteiger partial charge in [-0.3, -0.25) is 0 Å². The molecule has 0 spiro atoms. The molecule has 0 rings (SSSR count). The summed E-state index contributed by atoms with van der Waals surface area (Å²) in [5, 5.41) is 0. The van der Waals surface area contributed by atoms with Crippen LogP contribution in [0.1, 0.15) is 117 Å². The molecule has 0 aromatic rings. The van der Waals surface area contributed by atoms with Gasteiger partial charge in [-0.15, -0.1) is 0 Å². The van der Waals surface area contributed by atoms with Crippen molar-refractivity contribution in [2.24, 2.45) is 11.5 Å². The number of nitrogens with two attached hydrogens (primary N) is 2. The second-order valence-corrected chi connectivity index (χ2v) is 7.15. The fraction of sp³-hybridized carbons (Fsp3) is 1.00. The summed E-state index contributed by atoms with van der Waals surface area (Å²) < 4.78 is 0. The van der Waals surface area contributed by atoms with E-state index in [2.05, 4.69) is 13.8 Å². The van der Waals surface area contributed by atoms with Gasteiger partial charge in [-0.25, -0.2) is 0 Å². The Morgan fingerprint density at radius 2 is 0.727 bits per heavy atom. The van der Waals surface area contributed by atoms with Crippen LogP contribution in [0, 0.1) is 0 Å². The summed E-state index contributed by atoms with van der Waals surface area (Å²) in [7, 11) is 0. The van der Waals surface area contributed by atoms with Gasteiger partial charge >= 0.3 is 0 Å². The molecule has 134 valence electrons. The Labute approximate surface area is 140 Å². The molecule has 0 radical (unpaired) electrons. The van der Waals surface area contributed by atoms with Gasteiger partial charge in [0.15, 0.2) is 0 Å². The van der Waals surface area contributed by atoms with Gasteiger partial charge in [-0.05, 0) is 12.8 Å². The van der Waals surface area contributed by atoms with E-state index in [0.29, 0.717) is 0 Å². The number of rotatable bonds is 17. The Morgan fingerprint density at radius 3 is 1.05 bits per heavy atom. The standard InChI is InChI=1S/C20H44N2/c1-3-5-7-9-10-11-12-14-16-18-20(22)19(21)17-15-13-8-6-4-2/h19-20H,3-18,21-22H2,1-2H3. The highest BCUT2D eigenvalue weighted by Gasteiger charge is 2.12. The molecule has 22 heavy (non-hydrogen) atoms. The van der Waals surface area contributed by atoms with Gasteiger partial charge in [0, 0.05) is 12.1 Å². The first-order chi connectivity index (χ1) is 10.7. The summed E-state index contributed by atoms with van der Waals surface area (Å²) >= 11 is 0. The zero-order valence-electron chi connectivity index (χ0n) is 15.6. The van der Waals surface area contributed by atoms with Crippen molar-refractivity contribution in [3.8, 4) is 0 Å². The van der Waals surface area contributed by atoms with E-state index < -0.39 is 0 Å². The molecule has 0 aromatic heterocycles. The Morgan fingerprint density at radius 1 is 0.455 bits per heavy atom. The van der Waals surface area contributed by atoms with E-state index in [1.54, 1.807) is 0 Å². The van der Waals surface area contributed by atoms with Gasteiger partial charge in [-0.2, -0.15) is 0 Å². The topological polar surface area (TPSA) is 52.0 Å². The van der Waals surface area contributed by atoms with Crippen molar-refractivity contribution >= 4 is 0 Å². The van der Waals surface area contributed by atoms with Gasteiger partial charge < -0.3 is 11.5 Å². The molecular weight excluding hydrogens is 268 g/mol. The van der Waals surface area contributed by atoms with Gasteiger partial charge in [-0.1, -0.05) is 104 Å². The van der Waals surface area contributed by atoms with Crippen molar-refractivity contribution in [3.63, 3.8) is 0 Å². The van der Waals surface area contributed by atoms with Crippen molar-refractivity contribution in [1.82, 2.24) is 0 Å². The Hall–Kier alpha value is -0.0800. The van der Waals surface area contributed by atoms with E-state index in [1.165, 1.54) is 89.9 Å². The van der Waals surface area contributed by atoms with Crippen LogP contribution >= 0.6 is 0 Å². The molecule has 0 amide bonds. The second kappa shape index (κ2) is 17.3. The van der Waals surface area contributed by atoms with Crippen molar-refractivity contribution in [2.75, 3.05) is 0 Å². The molecule has 0 fully saturated rings. The van der Waals surface area contributed by atoms with Crippen LogP contribution in [0.25, 0.3) is 0 Å². The van der Waals surface area contributed by atoms with Crippen LogP contribution in [-0.4, -0.2) is 12.1 Å². The third-order valence-corrected chi connectivity index (χ3v) is 4.83. The molecule has 0 bridgehead atoms. The molecule has 4 N–H and O–H groups in total. The lowest BCUT2D eigenvalue weighted by Gasteiger charge is -2.19. The van der Waals surface area contributed by atoms with Crippen LogP contribution in [0.15, 0.2) is 0 Å². The minimum atomic E-state index is 0.218. The van der Waals surface area contributed by atoms with E-state index in [4.69, 9.17) is 11.5 Å². The Kier molecular flexibility index (Phi) is 17.2. The zero-order valence-corrected chi connectivity index (χ0v) is 15.6. The molecule has 2 nitrogen and oxygen atoms in total. The lowest BCUT2D eigenvalue weighted by molar-refractivity contribution is 0.429. The molecule has 0 aliphatic rings. The van der Waals surface area contributed by atoms with Crippen molar-refractivity contribution < 1.29 is 0 Å². The van der Waals surface area contributed by atoms with E-state index in [1.807, 2.05) is 0 Å². The third kappa shape index (κ3) is 14.8. The smallest absolute Gasteiger partial charge is 0.0192 e. The Bertz CT molecular complexity index is 206. The zero-order chi connectivity index (χ0) is 16.5. The summed E-state index contributed by atoms with van der Waals surface area (Å²) in [6.45, 7) is 4.53. The molecular formula is C20H44N2. The maximum absolute atomic E-state index is 6.23. The van der Waals surface area contributed by atoms with Crippen LogP contribution < -0.4 is 11.5 Å². The number of hydrogen-bond acceptors (Lipinski definition) is 2. The summed E-state index contributed by atoms with van der Waals surface area (Å²) in [6, 6.07) is 0.436. The molecule has 2 atom stereocenters. The van der Waals surface area contributed by atoms with Crippen molar-refractivity contribution in [3.05, 3.63) is 0 Å². The molecule has 0 saturated carbocycles. The van der Waals surface area contributed by atoms with Gasteiger partial charge in [0.2, 0.25) is 0 Å². The van der Waals surface area contributed by atoms with Crippen LogP contribution in [-0.2, 0) is 0 Å². The van der Waals surface area contributed by atoms with E-state index >= 15 is 0 Å². The summed E-state index contributed by atoms with van der Waals surface area (Å²) in [5.74, 6) is 0. The van der Waals surface area contributed by atoms with Crippen LogP contribution in [0.2, 0.25) is 0 Å². The normalized spacial score (nSPS) is 14.2. The summed E-state index contributed by atoms with van der Waals surface area (Å²) in [5.41, 5.74) is 12.4. The van der Waals surface area contributed by atoms with Crippen molar-refractivity contribution in [2.45, 2.75) is 129 Å². The van der Waals surface area contributed by atoms with Crippen molar-refractivity contribution in [1.29, 1.82) is 0 Å². The first kappa shape index (κ1) is 21.9. The molecule has 2 heteroatoms. The molecule has 0 aliphatic carbocycles. The van der Waals surface area contributed by atoms with Gasteiger partial charge in [0.1, 0.15) is 0 Å². The predicted octanol–water partition coefficient (Wildman–Crippen LogP) is 5.92. The first-order valence-corrected chi connectivity index (χ1v) is 10.2. The minimum absolute atomic E-state index is 0.218. The largest absolute Gasteiger partial charge is 0.326 e. The summed E-state index contributed by atoms with van der Waals surface area (Å²) in [6.07, 6.45) is 21.3. The average molecular weight is 313 g/mol. The van der Waals surface area contributed by atoms with Crippen LogP contribution in [0.4, 0.5) is 0 Å². The van der Waals surface area contributed by atoms with Crippen LogP contribution in [0.3, 0.4) is 0 Å². The first-order valence-electron chi connectivity index (χ1n) is 10.2. The Balaban J connectivity index is 3.31. The monoisotopic (exact) mass is 312 g/mol. The maximum Gasteiger partial charge on any atom is 0.0192 e. The third-order valence-electron chi connectivity index (χ3n) is 4.83. The van der Waals surface area contributed by atoms with E-state index in [0.717, 1.165) is 12.8 Å². The highest BCUT2D eigenvalue weighted by atomic mass is 14.8. The van der Waals surface area contributed by atoms with Gasteiger partial charge in [0.05, 0.1) is 0 Å².